The van der Waals surface area contributed by atoms with Crippen LogP contribution >= 0.6 is 35.4 Å². The highest BCUT2D eigenvalue weighted by Gasteiger charge is 2.13. The van der Waals surface area contributed by atoms with Crippen LogP contribution in [-0.2, 0) is 6.42 Å². The molecular weight excluding hydrogens is 516 g/mol. The molecule has 0 atom stereocenters. The zero-order valence-electron chi connectivity index (χ0n) is 15.8. The molecule has 0 spiro atoms. The number of nitrogens with one attached hydrogen (secondary N) is 2. The van der Waals surface area contributed by atoms with Crippen LogP contribution < -0.4 is 14.9 Å². The maximum atomic E-state index is 12.9. The molecule has 8 heteroatoms. The van der Waals surface area contributed by atoms with Gasteiger partial charge in [0.2, 0.25) is 0 Å². The van der Waals surface area contributed by atoms with Gasteiger partial charge in [-0.1, -0.05) is 37.1 Å². The molecule has 0 aliphatic rings. The molecule has 0 aliphatic heterocycles. The molecule has 154 valence electrons. The van der Waals surface area contributed by atoms with E-state index in [1.54, 1.807) is 42.5 Å². The van der Waals surface area contributed by atoms with Crippen LogP contribution in [0.1, 0.15) is 15.9 Å². The summed E-state index contributed by atoms with van der Waals surface area (Å²) in [4.78, 5) is 24.7. The second-order valence-electron chi connectivity index (χ2n) is 6.40. The molecule has 3 aromatic carbocycles. The van der Waals surface area contributed by atoms with E-state index in [0.29, 0.717) is 29.9 Å². The molecule has 0 aliphatic carbocycles. The molecule has 3 aromatic rings. The first-order valence-electron chi connectivity index (χ1n) is 9.11. The first-order chi connectivity index (χ1) is 14.4. The number of carbonyl (C=O) groups is 2. The highest BCUT2D eigenvalue weighted by molar-refractivity contribution is 14.1. The molecule has 0 saturated carbocycles. The minimum Gasteiger partial charge on any atom is -0.337 e. The summed E-state index contributed by atoms with van der Waals surface area (Å²) in [5, 5.41) is 5.60. The van der Waals surface area contributed by atoms with Crippen LogP contribution in [0.3, 0.4) is 0 Å². The van der Waals surface area contributed by atoms with Gasteiger partial charge in [0, 0.05) is 15.8 Å². The summed E-state index contributed by atoms with van der Waals surface area (Å²) >= 11 is 6.36. The number of nitrogens with zero attached hydrogens (tertiary/aromatic N) is 1. The zero-order chi connectivity index (χ0) is 21.5. The van der Waals surface area contributed by atoms with Crippen molar-refractivity contribution in [1.29, 1.82) is 0 Å². The van der Waals surface area contributed by atoms with Crippen molar-refractivity contribution in [2.45, 2.75) is 6.42 Å². The van der Waals surface area contributed by atoms with Gasteiger partial charge in [-0.3, -0.25) is 4.79 Å². The van der Waals surface area contributed by atoms with Gasteiger partial charge < -0.3 is 10.6 Å². The van der Waals surface area contributed by atoms with Crippen LogP contribution in [0.5, 0.6) is 0 Å². The summed E-state index contributed by atoms with van der Waals surface area (Å²) in [5.74, 6) is -0.489. The molecule has 0 unspecified atom stereocenters. The number of amides is 3. The maximum absolute atomic E-state index is 12.9. The third-order valence-corrected chi connectivity index (χ3v) is 5.64. The highest BCUT2D eigenvalue weighted by atomic mass is 127. The Hall–Kier alpha value is -2.59. The molecule has 0 radical (unpaired) electrons. The van der Waals surface area contributed by atoms with Gasteiger partial charge in [-0.2, -0.15) is 0 Å². The zero-order valence-corrected chi connectivity index (χ0v) is 18.9. The summed E-state index contributed by atoms with van der Waals surface area (Å²) < 4.78 is 15.0. The third kappa shape index (κ3) is 5.96. The second kappa shape index (κ2) is 10.4. The van der Waals surface area contributed by atoms with E-state index in [-0.39, 0.29) is 17.8 Å². The Balaban J connectivity index is 1.53. The Morgan fingerprint density at radius 3 is 2.30 bits per heavy atom. The normalized spacial score (nSPS) is 10.4. The lowest BCUT2D eigenvalue weighted by Gasteiger charge is -2.17. The molecule has 2 N–H and O–H groups in total. The Morgan fingerprint density at radius 2 is 1.63 bits per heavy atom. The van der Waals surface area contributed by atoms with E-state index in [1.165, 1.54) is 16.4 Å². The Kier molecular flexibility index (Phi) is 7.69. The van der Waals surface area contributed by atoms with Crippen LogP contribution in [-0.4, -0.2) is 18.5 Å². The van der Waals surface area contributed by atoms with Crippen LogP contribution in [0.15, 0.2) is 72.8 Å². The first kappa shape index (κ1) is 22.1. The van der Waals surface area contributed by atoms with Crippen molar-refractivity contribution in [2.75, 3.05) is 16.2 Å². The number of hydrogen-bond acceptors (Lipinski definition) is 3. The molecule has 0 aromatic heterocycles. The van der Waals surface area contributed by atoms with E-state index in [2.05, 4.69) is 46.0 Å². The van der Waals surface area contributed by atoms with E-state index in [9.17, 15) is 14.0 Å². The number of rotatable bonds is 6. The fourth-order valence-electron chi connectivity index (χ4n) is 2.69. The number of halogens is 2. The lowest BCUT2D eigenvalue weighted by Crippen LogP contribution is -2.35. The summed E-state index contributed by atoms with van der Waals surface area (Å²) in [6, 6.07) is 19.9. The Bertz CT molecular complexity index is 1030. The van der Waals surface area contributed by atoms with Crippen molar-refractivity contribution in [3.05, 3.63) is 93.3 Å². The second-order valence-corrected chi connectivity index (χ2v) is 7.96. The monoisotopic (exact) mass is 535 g/mol. The molecule has 0 fully saturated rings. The minimum atomic E-state index is -0.379. The van der Waals surface area contributed by atoms with E-state index < -0.39 is 0 Å². The van der Waals surface area contributed by atoms with E-state index >= 15 is 0 Å². The molecule has 3 amide bonds. The highest BCUT2D eigenvalue weighted by Crippen LogP contribution is 2.21. The van der Waals surface area contributed by atoms with Gasteiger partial charge in [0.25, 0.3) is 5.91 Å². The van der Waals surface area contributed by atoms with Crippen LogP contribution in [0, 0.1) is 9.39 Å². The quantitative estimate of drug-likeness (QED) is 0.297. The topological polar surface area (TPSA) is 61.4 Å². The minimum absolute atomic E-state index is 0.200. The standard InChI is InChI=1S/C22H19FIN3O2S/c23-16-7-5-15(6-8-16)13-14-25-22(29)27(30)18-11-9-17(10-12-18)26-21(28)19-3-1-2-4-20(19)24/h1-12,30H,13-14H2,(H,25,29)(H,26,28). The molecule has 30 heavy (non-hydrogen) atoms. The van der Waals surface area contributed by atoms with Crippen LogP contribution in [0.4, 0.5) is 20.6 Å². The summed E-state index contributed by atoms with van der Waals surface area (Å²) in [6.07, 6.45) is 0.580. The van der Waals surface area contributed by atoms with Crippen molar-refractivity contribution in [1.82, 2.24) is 5.32 Å². The molecule has 5 nitrogen and oxygen atoms in total. The molecule has 0 saturated heterocycles. The molecular formula is C22H19FIN3O2S. The van der Waals surface area contributed by atoms with E-state index in [4.69, 9.17) is 0 Å². The van der Waals surface area contributed by atoms with Crippen molar-refractivity contribution < 1.29 is 14.0 Å². The van der Waals surface area contributed by atoms with Crippen LogP contribution in [0.2, 0.25) is 0 Å². The fraction of sp³-hybridized carbons (Fsp3) is 0.0909. The Morgan fingerprint density at radius 1 is 0.967 bits per heavy atom. The number of urea groups is 1. The van der Waals surface area contributed by atoms with Gasteiger partial charge in [0.05, 0.1) is 11.3 Å². The smallest absolute Gasteiger partial charge is 0.331 e. The lowest BCUT2D eigenvalue weighted by atomic mass is 10.1. The number of benzene rings is 3. The predicted octanol–water partition coefficient (Wildman–Crippen LogP) is 5.29. The van der Waals surface area contributed by atoms with Gasteiger partial charge in [-0.25, -0.2) is 13.5 Å². The average molecular weight is 535 g/mol. The number of carbonyl (C=O) groups excluding carboxylic acids is 2. The number of hydrogen-bond donors (Lipinski definition) is 3. The van der Waals surface area contributed by atoms with Crippen molar-refractivity contribution in [3.8, 4) is 0 Å². The van der Waals surface area contributed by atoms with Gasteiger partial charge in [-0.15, -0.1) is 0 Å². The largest absolute Gasteiger partial charge is 0.337 e. The van der Waals surface area contributed by atoms with Crippen molar-refractivity contribution in [3.63, 3.8) is 0 Å². The summed E-state index contributed by atoms with van der Waals surface area (Å²) in [7, 11) is 0. The van der Waals surface area contributed by atoms with E-state index in [1.807, 2.05) is 18.2 Å². The summed E-state index contributed by atoms with van der Waals surface area (Å²) in [6.45, 7) is 0.394. The third-order valence-electron chi connectivity index (χ3n) is 4.28. The average Bonchev–Trinajstić information content (AvgIpc) is 2.75. The van der Waals surface area contributed by atoms with Gasteiger partial charge >= 0.3 is 6.03 Å². The fourth-order valence-corrected chi connectivity index (χ4v) is 3.52. The Labute approximate surface area is 193 Å². The van der Waals surface area contributed by atoms with Gasteiger partial charge in [0.15, 0.2) is 0 Å². The number of anilines is 2. The number of thiol groups is 1. The maximum Gasteiger partial charge on any atom is 0.331 e. The van der Waals surface area contributed by atoms with Crippen molar-refractivity contribution in [2.24, 2.45) is 0 Å². The molecule has 0 heterocycles. The van der Waals surface area contributed by atoms with Crippen molar-refractivity contribution >= 4 is 58.7 Å². The van der Waals surface area contributed by atoms with E-state index in [0.717, 1.165) is 9.13 Å². The molecule has 3 rings (SSSR count). The summed E-state index contributed by atoms with van der Waals surface area (Å²) in [5.41, 5.74) is 2.70. The lowest BCUT2D eigenvalue weighted by molar-refractivity contribution is 0.102. The molecule has 0 bridgehead atoms. The first-order valence-corrected chi connectivity index (χ1v) is 10.6. The van der Waals surface area contributed by atoms with Crippen LogP contribution in [0.25, 0.3) is 0 Å². The van der Waals surface area contributed by atoms with Gasteiger partial charge in [0.1, 0.15) is 5.82 Å². The predicted molar refractivity (Wildman–Crippen MR) is 129 cm³/mol. The SMILES string of the molecule is O=C(Nc1ccc(N(S)C(=O)NCCc2ccc(F)cc2)cc1)c1ccccc1I. The van der Waals surface area contributed by atoms with Gasteiger partial charge in [-0.05, 0) is 83.1 Å².